The number of likely N-dealkylation sites (N-methyl/N-ethyl adjacent to an activating group) is 1. The highest BCUT2D eigenvalue weighted by Crippen LogP contribution is 2.45. The molecule has 4 aromatic rings. The van der Waals surface area contributed by atoms with Crippen molar-refractivity contribution in [3.05, 3.63) is 110 Å². The molecule has 0 atom stereocenters. The van der Waals surface area contributed by atoms with Gasteiger partial charge in [-0.3, -0.25) is 19.1 Å². The van der Waals surface area contributed by atoms with Crippen molar-refractivity contribution in [2.45, 2.75) is 11.4 Å². The lowest BCUT2D eigenvalue weighted by Crippen LogP contribution is -2.36. The minimum Gasteiger partial charge on any atom is -0.337 e. The number of fused-ring (bicyclic) bond motifs is 1. The molecule has 0 bridgehead atoms. The Morgan fingerprint density at radius 3 is 2.16 bits per heavy atom. The van der Waals surface area contributed by atoms with Gasteiger partial charge >= 0.3 is 0 Å². The summed E-state index contributed by atoms with van der Waals surface area (Å²) in [5.74, 6) is -0.242. The van der Waals surface area contributed by atoms with E-state index in [2.05, 4.69) is 11.0 Å². The normalized spacial score (nSPS) is 18.2. The molecule has 37 heavy (non-hydrogen) atoms. The van der Waals surface area contributed by atoms with Crippen LogP contribution < -0.4 is 24.6 Å². The fraction of sp³-hybridized carbons (Fsp3) is 0.107. The maximum absolute atomic E-state index is 14.0. The Kier molecular flexibility index (Phi) is 5.98. The first kappa shape index (κ1) is 23.7. The van der Waals surface area contributed by atoms with Crippen LogP contribution in [0.3, 0.4) is 0 Å². The van der Waals surface area contributed by atoms with Crippen LogP contribution in [-0.4, -0.2) is 34.6 Å². The number of thiocarbonyl (C=S) groups is 1. The molecule has 0 saturated carbocycles. The smallest absolute Gasteiger partial charge is 0.284 e. The molecule has 6 rings (SSSR count). The Hall–Kier alpha value is -3.66. The Bertz CT molecular complexity index is 1730. The van der Waals surface area contributed by atoms with Crippen molar-refractivity contribution < 1.29 is 4.79 Å². The number of benzene rings is 3. The van der Waals surface area contributed by atoms with Gasteiger partial charge in [0.15, 0.2) is 5.11 Å². The number of amides is 1. The van der Waals surface area contributed by atoms with E-state index in [4.69, 9.17) is 12.2 Å². The second-order valence-electron chi connectivity index (χ2n) is 8.71. The highest BCUT2D eigenvalue weighted by Gasteiger charge is 2.39. The highest BCUT2D eigenvalue weighted by molar-refractivity contribution is 8.08. The summed E-state index contributed by atoms with van der Waals surface area (Å²) in [5.41, 5.74) is 3.02. The van der Waals surface area contributed by atoms with Gasteiger partial charge < -0.3 is 9.80 Å². The van der Waals surface area contributed by atoms with E-state index in [9.17, 15) is 9.59 Å². The Balaban J connectivity index is 1.61. The standard InChI is InChI=1S/C28H22N4O2S3/c1-29-20-15-9-10-16-21(20)36-27(29)23-25(34)31(17-18-11-5-3-6-12-18)26(37-23)22-24(33)32(28(35)30(22)2)19-13-7-4-8-14-19/h3-16H,17H2,1-2H3/b26-22-,27-23-. The zero-order valence-electron chi connectivity index (χ0n) is 20.1. The van der Waals surface area contributed by atoms with Crippen LogP contribution in [0.5, 0.6) is 0 Å². The lowest BCUT2D eigenvalue weighted by Gasteiger charge is -2.16. The second-order valence-corrected chi connectivity index (χ2v) is 11.1. The molecule has 0 radical (unpaired) electrons. The lowest BCUT2D eigenvalue weighted by atomic mass is 10.2. The van der Waals surface area contributed by atoms with Crippen molar-refractivity contribution in [3.63, 3.8) is 0 Å². The van der Waals surface area contributed by atoms with E-state index >= 15 is 0 Å². The van der Waals surface area contributed by atoms with E-state index in [0.29, 0.717) is 32.2 Å². The summed E-state index contributed by atoms with van der Waals surface area (Å²) in [6.45, 7) is 0.350. The van der Waals surface area contributed by atoms with Crippen molar-refractivity contribution in [3.8, 4) is 0 Å². The lowest BCUT2D eigenvalue weighted by molar-refractivity contribution is -0.112. The van der Waals surface area contributed by atoms with Crippen LogP contribution in [0.4, 0.5) is 11.4 Å². The van der Waals surface area contributed by atoms with Crippen molar-refractivity contribution in [1.82, 2.24) is 9.47 Å². The molecule has 0 aliphatic carbocycles. The SMILES string of the molecule is CN1C(=S)N(c2ccccc2)C(=O)/C1=c1/s/c(=C2\Sc3ccccc3N2C)c(=O)n1Cc1ccccc1. The molecular weight excluding hydrogens is 521 g/mol. The fourth-order valence-electron chi connectivity index (χ4n) is 4.55. The quantitative estimate of drug-likeness (QED) is 0.369. The number of anilines is 2. The molecule has 0 unspecified atom stereocenters. The van der Waals surface area contributed by atoms with Gasteiger partial charge in [-0.25, -0.2) is 0 Å². The van der Waals surface area contributed by atoms with Crippen molar-refractivity contribution in [2.75, 3.05) is 23.9 Å². The predicted octanol–water partition coefficient (Wildman–Crippen LogP) is 3.64. The molecule has 2 aliphatic rings. The molecule has 9 heteroatoms. The number of carbonyl (C=O) groups excluding carboxylic acids is 1. The van der Waals surface area contributed by atoms with Gasteiger partial charge in [0.1, 0.15) is 19.9 Å². The van der Waals surface area contributed by atoms with Crippen LogP contribution >= 0.6 is 35.3 Å². The highest BCUT2D eigenvalue weighted by atomic mass is 32.2. The number of thioether (sulfide) groups is 1. The molecule has 184 valence electrons. The van der Waals surface area contributed by atoms with Gasteiger partial charge in [-0.1, -0.05) is 72.4 Å². The van der Waals surface area contributed by atoms with Gasteiger partial charge in [0, 0.05) is 19.0 Å². The monoisotopic (exact) mass is 542 g/mol. The third kappa shape index (κ3) is 3.90. The minimum absolute atomic E-state index is 0.121. The first-order chi connectivity index (χ1) is 18.0. The van der Waals surface area contributed by atoms with Crippen LogP contribution in [0.15, 0.2) is 94.6 Å². The number of nitrogens with zero attached hydrogens (tertiary/aromatic N) is 4. The molecule has 3 aromatic carbocycles. The molecule has 0 N–H and O–H groups in total. The minimum atomic E-state index is -0.242. The van der Waals surface area contributed by atoms with Crippen LogP contribution in [0.25, 0.3) is 10.7 Å². The van der Waals surface area contributed by atoms with E-state index in [1.165, 1.54) is 16.2 Å². The summed E-state index contributed by atoms with van der Waals surface area (Å²) >= 11 is 8.62. The number of aromatic nitrogens is 1. The molecule has 1 amide bonds. The van der Waals surface area contributed by atoms with E-state index in [1.807, 2.05) is 85.9 Å². The summed E-state index contributed by atoms with van der Waals surface area (Å²) in [7, 11) is 3.76. The van der Waals surface area contributed by atoms with Crippen molar-refractivity contribution >= 4 is 68.4 Å². The van der Waals surface area contributed by atoms with Crippen molar-refractivity contribution in [2.24, 2.45) is 0 Å². The van der Waals surface area contributed by atoms with Gasteiger partial charge in [-0.05, 0) is 42.0 Å². The maximum atomic E-state index is 14.0. The summed E-state index contributed by atoms with van der Waals surface area (Å²) in [5, 5.41) is 1.24. The largest absolute Gasteiger partial charge is 0.337 e. The van der Waals surface area contributed by atoms with E-state index in [-0.39, 0.29) is 11.5 Å². The average Bonchev–Trinajstić information content (AvgIpc) is 3.49. The molecule has 6 nitrogen and oxygen atoms in total. The third-order valence-corrected chi connectivity index (χ3v) is 9.44. The van der Waals surface area contributed by atoms with Gasteiger partial charge in [-0.2, -0.15) is 0 Å². The van der Waals surface area contributed by atoms with Gasteiger partial charge in [0.2, 0.25) is 0 Å². The van der Waals surface area contributed by atoms with Crippen LogP contribution in [0.2, 0.25) is 0 Å². The van der Waals surface area contributed by atoms with E-state index < -0.39 is 0 Å². The number of para-hydroxylation sites is 2. The van der Waals surface area contributed by atoms with E-state index in [0.717, 1.165) is 21.2 Å². The third-order valence-electron chi connectivity index (χ3n) is 6.44. The Morgan fingerprint density at radius 2 is 1.46 bits per heavy atom. The Labute approximate surface area is 227 Å². The van der Waals surface area contributed by atoms with Gasteiger partial charge in [0.25, 0.3) is 11.5 Å². The molecule has 1 fully saturated rings. The van der Waals surface area contributed by atoms with Crippen LogP contribution in [0, 0.1) is 0 Å². The van der Waals surface area contributed by atoms with Gasteiger partial charge in [-0.15, -0.1) is 11.3 Å². The molecule has 3 heterocycles. The van der Waals surface area contributed by atoms with Crippen LogP contribution in [0.1, 0.15) is 5.56 Å². The second kappa shape index (κ2) is 9.33. The number of carbonyl (C=O) groups is 1. The summed E-state index contributed by atoms with van der Waals surface area (Å²) in [6.07, 6.45) is 0. The first-order valence-corrected chi connectivity index (χ1v) is 13.7. The van der Waals surface area contributed by atoms with Gasteiger partial charge in [0.05, 0.1) is 17.9 Å². The average molecular weight is 543 g/mol. The topological polar surface area (TPSA) is 48.8 Å². The van der Waals surface area contributed by atoms with Crippen LogP contribution in [-0.2, 0) is 11.3 Å². The molecular formula is C28H22N4O2S3. The zero-order valence-corrected chi connectivity index (χ0v) is 22.6. The number of hydrogen-bond acceptors (Lipinski definition) is 6. The first-order valence-electron chi connectivity index (χ1n) is 11.7. The zero-order chi connectivity index (χ0) is 25.7. The van der Waals surface area contributed by atoms with E-state index in [1.54, 1.807) is 28.3 Å². The molecule has 0 spiro atoms. The number of rotatable bonds is 3. The Morgan fingerprint density at radius 1 is 0.811 bits per heavy atom. The number of hydrogen-bond donors (Lipinski definition) is 0. The number of thiazole rings is 1. The summed E-state index contributed by atoms with van der Waals surface area (Å²) in [4.78, 5) is 34.2. The van der Waals surface area contributed by atoms with Crippen molar-refractivity contribution in [1.29, 1.82) is 0 Å². The summed E-state index contributed by atoms with van der Waals surface area (Å²) in [6, 6.07) is 27.3. The maximum Gasteiger partial charge on any atom is 0.284 e. The summed E-state index contributed by atoms with van der Waals surface area (Å²) < 4.78 is 2.91. The fourth-order valence-corrected chi connectivity index (χ4v) is 7.36. The molecule has 1 aromatic heterocycles. The molecule has 2 aliphatic heterocycles. The predicted molar refractivity (Wildman–Crippen MR) is 155 cm³/mol. The molecule has 1 saturated heterocycles.